The summed E-state index contributed by atoms with van der Waals surface area (Å²) in [6.07, 6.45) is 2.15. The number of rotatable bonds is 3. The van der Waals surface area contributed by atoms with Crippen molar-refractivity contribution in [1.29, 1.82) is 0 Å². The minimum atomic E-state index is -0.351. The zero-order chi connectivity index (χ0) is 11.5. The van der Waals surface area contributed by atoms with Gasteiger partial charge in [0, 0.05) is 13.1 Å². The fraction of sp³-hybridized carbons (Fsp3) is 1.00. The third-order valence-electron chi connectivity index (χ3n) is 3.55. The number of aliphatic hydroxyl groups is 1. The normalized spacial score (nSPS) is 23.0. The van der Waals surface area contributed by atoms with E-state index in [0.29, 0.717) is 12.0 Å². The second-order valence-corrected chi connectivity index (χ2v) is 5.83. The van der Waals surface area contributed by atoms with Crippen molar-refractivity contribution in [2.45, 2.75) is 39.7 Å². The van der Waals surface area contributed by atoms with Crippen molar-refractivity contribution >= 4 is 0 Å². The summed E-state index contributed by atoms with van der Waals surface area (Å²) in [6, 6.07) is 0. The zero-order valence-electron chi connectivity index (χ0n) is 10.4. The predicted octanol–water partition coefficient (Wildman–Crippen LogP) is 1.06. The molecular formula is C12H26N2O. The Labute approximate surface area is 93.6 Å². The Bertz CT molecular complexity index is 181. The van der Waals surface area contributed by atoms with Crippen LogP contribution in [0.1, 0.15) is 33.6 Å². The van der Waals surface area contributed by atoms with Gasteiger partial charge in [0.05, 0.1) is 6.10 Å². The van der Waals surface area contributed by atoms with Gasteiger partial charge in [-0.2, -0.15) is 0 Å². The summed E-state index contributed by atoms with van der Waals surface area (Å²) >= 11 is 0. The van der Waals surface area contributed by atoms with Crippen molar-refractivity contribution in [3.63, 3.8) is 0 Å². The molecule has 0 saturated carbocycles. The lowest BCUT2D eigenvalue weighted by Gasteiger charge is -2.39. The Hall–Kier alpha value is -0.120. The van der Waals surface area contributed by atoms with Gasteiger partial charge in [-0.1, -0.05) is 20.8 Å². The summed E-state index contributed by atoms with van der Waals surface area (Å²) < 4.78 is 0. The van der Waals surface area contributed by atoms with Crippen LogP contribution in [0.4, 0.5) is 0 Å². The van der Waals surface area contributed by atoms with E-state index in [1.807, 2.05) is 0 Å². The topological polar surface area (TPSA) is 49.5 Å². The molecule has 0 bridgehead atoms. The summed E-state index contributed by atoms with van der Waals surface area (Å²) in [5.74, 6) is 0.823. The molecule has 90 valence electrons. The van der Waals surface area contributed by atoms with E-state index in [4.69, 9.17) is 5.73 Å². The van der Waals surface area contributed by atoms with Crippen LogP contribution in [0.2, 0.25) is 0 Å². The Morgan fingerprint density at radius 3 is 2.27 bits per heavy atom. The molecule has 0 aliphatic carbocycles. The molecule has 1 heterocycles. The maximum atomic E-state index is 9.47. The maximum absolute atomic E-state index is 9.47. The van der Waals surface area contributed by atoms with E-state index in [-0.39, 0.29) is 6.10 Å². The standard InChI is InChI=1S/C12H26N2O/c1-12(2,3)10-4-6-14(7-5-10)9-11(15)8-13/h10-11,15H,4-9,13H2,1-3H3. The number of piperidine rings is 1. The van der Waals surface area contributed by atoms with E-state index in [1.165, 1.54) is 12.8 Å². The minimum Gasteiger partial charge on any atom is -0.390 e. The minimum absolute atomic E-state index is 0.351. The number of nitrogens with zero attached hydrogens (tertiary/aromatic N) is 1. The van der Waals surface area contributed by atoms with Gasteiger partial charge >= 0.3 is 0 Å². The predicted molar refractivity (Wildman–Crippen MR) is 63.7 cm³/mol. The SMILES string of the molecule is CC(C)(C)C1CCN(CC(O)CN)CC1. The van der Waals surface area contributed by atoms with Crippen molar-refractivity contribution in [2.24, 2.45) is 17.1 Å². The molecule has 1 aliphatic rings. The summed E-state index contributed by atoms with van der Waals surface area (Å²) in [5, 5.41) is 9.47. The van der Waals surface area contributed by atoms with Gasteiger partial charge < -0.3 is 15.7 Å². The van der Waals surface area contributed by atoms with Crippen molar-refractivity contribution in [3.05, 3.63) is 0 Å². The fourth-order valence-corrected chi connectivity index (χ4v) is 2.35. The highest BCUT2D eigenvalue weighted by Crippen LogP contribution is 2.34. The van der Waals surface area contributed by atoms with Gasteiger partial charge in [0.15, 0.2) is 0 Å². The van der Waals surface area contributed by atoms with Crippen LogP contribution >= 0.6 is 0 Å². The van der Waals surface area contributed by atoms with Gasteiger partial charge in [0.1, 0.15) is 0 Å². The van der Waals surface area contributed by atoms with E-state index in [2.05, 4.69) is 25.7 Å². The van der Waals surface area contributed by atoms with Gasteiger partial charge in [-0.3, -0.25) is 0 Å². The highest BCUT2D eigenvalue weighted by atomic mass is 16.3. The summed E-state index contributed by atoms with van der Waals surface area (Å²) in [6.45, 7) is 10.3. The van der Waals surface area contributed by atoms with Crippen molar-refractivity contribution < 1.29 is 5.11 Å². The van der Waals surface area contributed by atoms with E-state index in [9.17, 15) is 5.11 Å². The lowest BCUT2D eigenvalue weighted by molar-refractivity contribution is 0.0688. The average Bonchev–Trinajstić information content (AvgIpc) is 2.17. The lowest BCUT2D eigenvalue weighted by atomic mass is 9.75. The first-order chi connectivity index (χ1) is 6.93. The Morgan fingerprint density at radius 2 is 1.87 bits per heavy atom. The molecule has 1 saturated heterocycles. The first-order valence-electron chi connectivity index (χ1n) is 6.04. The Kier molecular flexibility index (Phi) is 4.56. The van der Waals surface area contributed by atoms with Crippen LogP contribution in [0, 0.1) is 11.3 Å². The van der Waals surface area contributed by atoms with Gasteiger partial charge in [-0.05, 0) is 37.3 Å². The monoisotopic (exact) mass is 214 g/mol. The van der Waals surface area contributed by atoms with Crippen molar-refractivity contribution in [1.82, 2.24) is 4.90 Å². The van der Waals surface area contributed by atoms with Crippen molar-refractivity contribution in [3.8, 4) is 0 Å². The number of aliphatic hydroxyl groups excluding tert-OH is 1. The number of likely N-dealkylation sites (tertiary alicyclic amines) is 1. The maximum Gasteiger partial charge on any atom is 0.0789 e. The number of β-amino-alcohol motifs (C(OH)–C–C–N with tert-alkyl or cyclic N) is 1. The Balaban J connectivity index is 2.30. The van der Waals surface area contributed by atoms with Crippen LogP contribution in [0.25, 0.3) is 0 Å². The van der Waals surface area contributed by atoms with Crippen molar-refractivity contribution in [2.75, 3.05) is 26.2 Å². The first kappa shape index (κ1) is 12.9. The molecule has 1 fully saturated rings. The van der Waals surface area contributed by atoms with E-state index in [0.717, 1.165) is 25.6 Å². The quantitative estimate of drug-likeness (QED) is 0.738. The smallest absolute Gasteiger partial charge is 0.0789 e. The fourth-order valence-electron chi connectivity index (χ4n) is 2.35. The molecule has 0 aromatic rings. The average molecular weight is 214 g/mol. The highest BCUT2D eigenvalue weighted by Gasteiger charge is 2.28. The van der Waals surface area contributed by atoms with Gasteiger partial charge in [-0.15, -0.1) is 0 Å². The molecule has 3 N–H and O–H groups in total. The molecule has 1 atom stereocenters. The van der Waals surface area contributed by atoms with Crippen LogP contribution in [0.5, 0.6) is 0 Å². The second kappa shape index (κ2) is 5.28. The molecule has 3 nitrogen and oxygen atoms in total. The van der Waals surface area contributed by atoms with Gasteiger partial charge in [0.25, 0.3) is 0 Å². The molecule has 0 radical (unpaired) electrons. The van der Waals surface area contributed by atoms with Gasteiger partial charge in [0.2, 0.25) is 0 Å². The molecule has 0 spiro atoms. The van der Waals surface area contributed by atoms with Crippen LogP contribution in [0.3, 0.4) is 0 Å². The molecule has 15 heavy (non-hydrogen) atoms. The molecule has 0 aromatic carbocycles. The molecule has 0 amide bonds. The van der Waals surface area contributed by atoms with Crippen LogP contribution in [0.15, 0.2) is 0 Å². The summed E-state index contributed by atoms with van der Waals surface area (Å²) in [7, 11) is 0. The van der Waals surface area contributed by atoms with Crippen LogP contribution in [-0.2, 0) is 0 Å². The zero-order valence-corrected chi connectivity index (χ0v) is 10.4. The molecule has 1 unspecified atom stereocenters. The van der Waals surface area contributed by atoms with Crippen LogP contribution < -0.4 is 5.73 Å². The van der Waals surface area contributed by atoms with E-state index < -0.39 is 0 Å². The molecule has 1 aliphatic heterocycles. The number of hydrogen-bond acceptors (Lipinski definition) is 3. The molecular weight excluding hydrogens is 188 g/mol. The summed E-state index contributed by atoms with van der Waals surface area (Å²) in [4.78, 5) is 2.33. The van der Waals surface area contributed by atoms with Gasteiger partial charge in [-0.25, -0.2) is 0 Å². The van der Waals surface area contributed by atoms with E-state index >= 15 is 0 Å². The third kappa shape index (κ3) is 4.09. The summed E-state index contributed by atoms with van der Waals surface area (Å²) in [5.41, 5.74) is 5.84. The third-order valence-corrected chi connectivity index (χ3v) is 3.55. The van der Waals surface area contributed by atoms with Crippen LogP contribution in [-0.4, -0.2) is 42.3 Å². The molecule has 0 aromatic heterocycles. The highest BCUT2D eigenvalue weighted by molar-refractivity contribution is 4.81. The second-order valence-electron chi connectivity index (χ2n) is 5.83. The Morgan fingerprint density at radius 1 is 1.33 bits per heavy atom. The first-order valence-corrected chi connectivity index (χ1v) is 6.04. The largest absolute Gasteiger partial charge is 0.390 e. The lowest BCUT2D eigenvalue weighted by Crippen LogP contribution is -2.43. The molecule has 3 heteroatoms. The van der Waals surface area contributed by atoms with E-state index in [1.54, 1.807) is 0 Å². The number of hydrogen-bond donors (Lipinski definition) is 2. The molecule has 1 rings (SSSR count). The number of nitrogens with two attached hydrogens (primary N) is 1.